The zero-order valence-electron chi connectivity index (χ0n) is 11.5. The van der Waals surface area contributed by atoms with Gasteiger partial charge >= 0.3 is 0 Å². The van der Waals surface area contributed by atoms with Gasteiger partial charge in [0.2, 0.25) is 5.91 Å². The Bertz CT molecular complexity index is 522. The lowest BCUT2D eigenvalue weighted by Gasteiger charge is -2.30. The van der Waals surface area contributed by atoms with Crippen molar-refractivity contribution in [2.24, 2.45) is 5.92 Å². The second-order valence-electron chi connectivity index (χ2n) is 5.24. The van der Waals surface area contributed by atoms with Gasteiger partial charge in [0.05, 0.1) is 0 Å². The minimum atomic E-state index is -0.143. The first-order valence-electron chi connectivity index (χ1n) is 6.83. The van der Waals surface area contributed by atoms with Crippen LogP contribution in [0, 0.1) is 5.92 Å². The van der Waals surface area contributed by atoms with E-state index in [0.717, 1.165) is 24.0 Å². The number of benzene rings is 1. The molecule has 106 valence electrons. The van der Waals surface area contributed by atoms with Crippen LogP contribution >= 0.6 is 15.9 Å². The number of hydrogen-bond acceptors (Lipinski definition) is 2. The van der Waals surface area contributed by atoms with Gasteiger partial charge in [0.25, 0.3) is 0 Å². The van der Waals surface area contributed by atoms with E-state index in [1.807, 2.05) is 17.0 Å². The minimum absolute atomic E-state index is 0.0676. The second kappa shape index (κ2) is 6.84. The summed E-state index contributed by atoms with van der Waals surface area (Å²) in [5, 5.41) is 0. The predicted molar refractivity (Wildman–Crippen MR) is 82.6 cm³/mol. The quantitative estimate of drug-likeness (QED) is 0.626. The average molecular weight is 336 g/mol. The summed E-state index contributed by atoms with van der Waals surface area (Å²) in [5.74, 6) is 0.334. The van der Waals surface area contributed by atoms with Gasteiger partial charge in [-0.25, -0.2) is 0 Å². The van der Waals surface area contributed by atoms with E-state index in [9.17, 15) is 9.59 Å². The van der Waals surface area contributed by atoms with Crippen molar-refractivity contribution in [3.8, 4) is 0 Å². The van der Waals surface area contributed by atoms with Crippen molar-refractivity contribution in [3.63, 3.8) is 0 Å². The number of hydrogen-bond donors (Lipinski definition) is 0. The number of carbonyl (C=O) groups is 2. The Morgan fingerprint density at radius 1 is 1.25 bits per heavy atom. The summed E-state index contributed by atoms with van der Waals surface area (Å²) in [5.41, 5.74) is 0.587. The summed E-state index contributed by atoms with van der Waals surface area (Å²) >= 11 is 3.32. The Kier molecular flexibility index (Phi) is 5.12. The molecule has 1 saturated heterocycles. The third kappa shape index (κ3) is 4.04. The fourth-order valence-electron chi connectivity index (χ4n) is 2.35. The topological polar surface area (TPSA) is 37.4 Å². The number of rotatable bonds is 3. The summed E-state index contributed by atoms with van der Waals surface area (Å²) < 4.78 is 0.927. The molecule has 0 N–H and O–H groups in total. The molecule has 4 heteroatoms. The maximum Gasteiger partial charge on any atom is 0.246 e. The summed E-state index contributed by atoms with van der Waals surface area (Å²) in [6, 6.07) is 7.11. The van der Waals surface area contributed by atoms with Gasteiger partial charge in [-0.2, -0.15) is 0 Å². The molecule has 2 rings (SSSR count). The maximum atomic E-state index is 12.0. The van der Waals surface area contributed by atoms with Crippen molar-refractivity contribution in [2.45, 2.75) is 19.8 Å². The van der Waals surface area contributed by atoms with Gasteiger partial charge in [-0.1, -0.05) is 22.9 Å². The monoisotopic (exact) mass is 335 g/mol. The Morgan fingerprint density at radius 3 is 2.60 bits per heavy atom. The zero-order valence-corrected chi connectivity index (χ0v) is 13.1. The number of likely N-dealkylation sites (tertiary alicyclic amines) is 1. The molecular formula is C16H18BrNO2. The minimum Gasteiger partial charge on any atom is -0.339 e. The summed E-state index contributed by atoms with van der Waals surface area (Å²) in [4.78, 5) is 25.8. The molecule has 1 aliphatic heterocycles. The maximum absolute atomic E-state index is 12.0. The highest BCUT2D eigenvalue weighted by Crippen LogP contribution is 2.16. The van der Waals surface area contributed by atoms with Crippen LogP contribution in [0.25, 0.3) is 0 Å². The first kappa shape index (κ1) is 15.0. The van der Waals surface area contributed by atoms with E-state index < -0.39 is 0 Å². The van der Waals surface area contributed by atoms with Crippen molar-refractivity contribution in [3.05, 3.63) is 46.5 Å². The highest BCUT2D eigenvalue weighted by Gasteiger charge is 2.19. The predicted octanol–water partition coefficient (Wildman–Crippen LogP) is 3.45. The van der Waals surface area contributed by atoms with Crippen molar-refractivity contribution in [2.75, 3.05) is 13.1 Å². The molecule has 0 aromatic heterocycles. The number of ketones is 1. The number of allylic oxidation sites excluding steroid dienone is 1. The summed E-state index contributed by atoms with van der Waals surface area (Å²) in [6.07, 6.45) is 4.97. The van der Waals surface area contributed by atoms with Gasteiger partial charge in [-0.3, -0.25) is 9.59 Å². The SMILES string of the molecule is CC1CCCN(C(=O)/C=C/C(=O)c2ccc(Br)cc2)C1. The van der Waals surface area contributed by atoms with Crippen LogP contribution in [0.1, 0.15) is 30.1 Å². The number of carbonyl (C=O) groups excluding carboxylic acids is 2. The van der Waals surface area contributed by atoms with Crippen LogP contribution in [0.15, 0.2) is 40.9 Å². The van der Waals surface area contributed by atoms with E-state index in [1.54, 1.807) is 12.1 Å². The molecule has 1 heterocycles. The molecule has 0 spiro atoms. The number of piperidine rings is 1. The van der Waals surface area contributed by atoms with Crippen LogP contribution in [-0.4, -0.2) is 29.7 Å². The Hall–Kier alpha value is -1.42. The first-order valence-corrected chi connectivity index (χ1v) is 7.62. The standard InChI is InChI=1S/C16H18BrNO2/c1-12-3-2-10-18(11-12)16(20)9-8-15(19)13-4-6-14(17)7-5-13/h4-9,12H,2-3,10-11H2,1H3/b9-8+. The number of amides is 1. The van der Waals surface area contributed by atoms with Gasteiger partial charge in [0.15, 0.2) is 5.78 Å². The van der Waals surface area contributed by atoms with E-state index >= 15 is 0 Å². The van der Waals surface area contributed by atoms with Crippen molar-refractivity contribution in [1.29, 1.82) is 0 Å². The van der Waals surface area contributed by atoms with Crippen LogP contribution < -0.4 is 0 Å². The lowest BCUT2D eigenvalue weighted by atomic mass is 10.0. The fourth-order valence-corrected chi connectivity index (χ4v) is 2.62. The Morgan fingerprint density at radius 2 is 1.95 bits per heavy atom. The molecule has 0 radical (unpaired) electrons. The molecule has 1 atom stereocenters. The van der Waals surface area contributed by atoms with Crippen molar-refractivity contribution >= 4 is 27.6 Å². The molecule has 1 aliphatic rings. The average Bonchev–Trinajstić information content (AvgIpc) is 2.45. The summed E-state index contributed by atoms with van der Waals surface area (Å²) in [7, 11) is 0. The first-order chi connectivity index (χ1) is 9.56. The van der Waals surface area contributed by atoms with Crippen molar-refractivity contribution in [1.82, 2.24) is 4.90 Å². The van der Waals surface area contributed by atoms with E-state index in [-0.39, 0.29) is 11.7 Å². The van der Waals surface area contributed by atoms with E-state index in [2.05, 4.69) is 22.9 Å². The largest absolute Gasteiger partial charge is 0.339 e. The smallest absolute Gasteiger partial charge is 0.246 e. The normalized spacial score (nSPS) is 19.3. The third-order valence-corrected chi connectivity index (χ3v) is 4.00. The lowest BCUT2D eigenvalue weighted by Crippen LogP contribution is -2.38. The van der Waals surface area contributed by atoms with E-state index in [4.69, 9.17) is 0 Å². The molecule has 0 aliphatic carbocycles. The Balaban J connectivity index is 1.96. The molecule has 1 aromatic rings. The van der Waals surface area contributed by atoms with Gasteiger partial charge in [-0.05, 0) is 49.1 Å². The molecule has 1 amide bonds. The summed E-state index contributed by atoms with van der Waals surface area (Å²) in [6.45, 7) is 3.73. The van der Waals surface area contributed by atoms with Gasteiger partial charge < -0.3 is 4.90 Å². The van der Waals surface area contributed by atoms with Crippen LogP contribution in [0.4, 0.5) is 0 Å². The third-order valence-electron chi connectivity index (χ3n) is 3.47. The highest BCUT2D eigenvalue weighted by atomic mass is 79.9. The number of halogens is 1. The molecule has 0 bridgehead atoms. The van der Waals surface area contributed by atoms with Gasteiger partial charge in [-0.15, -0.1) is 0 Å². The molecule has 1 fully saturated rings. The molecule has 0 saturated carbocycles. The highest BCUT2D eigenvalue weighted by molar-refractivity contribution is 9.10. The Labute approximate surface area is 127 Å². The van der Waals surface area contributed by atoms with Gasteiger partial charge in [0.1, 0.15) is 0 Å². The van der Waals surface area contributed by atoms with Crippen LogP contribution in [0.5, 0.6) is 0 Å². The van der Waals surface area contributed by atoms with Crippen LogP contribution in [0.3, 0.4) is 0 Å². The van der Waals surface area contributed by atoms with E-state index in [1.165, 1.54) is 18.6 Å². The van der Waals surface area contributed by atoms with Crippen LogP contribution in [0.2, 0.25) is 0 Å². The second-order valence-corrected chi connectivity index (χ2v) is 6.15. The fraction of sp³-hybridized carbons (Fsp3) is 0.375. The van der Waals surface area contributed by atoms with Crippen molar-refractivity contribution < 1.29 is 9.59 Å². The van der Waals surface area contributed by atoms with Crippen LogP contribution in [-0.2, 0) is 4.79 Å². The zero-order chi connectivity index (χ0) is 14.5. The molecule has 1 unspecified atom stereocenters. The van der Waals surface area contributed by atoms with Gasteiger partial charge in [0, 0.05) is 29.2 Å². The molecule has 20 heavy (non-hydrogen) atoms. The molecular weight excluding hydrogens is 318 g/mol. The lowest BCUT2D eigenvalue weighted by molar-refractivity contribution is -0.127. The number of nitrogens with zero attached hydrogens (tertiary/aromatic N) is 1. The molecule has 3 nitrogen and oxygen atoms in total. The molecule has 1 aromatic carbocycles. The van der Waals surface area contributed by atoms with E-state index in [0.29, 0.717) is 11.5 Å².